The van der Waals surface area contributed by atoms with E-state index in [-0.39, 0.29) is 5.13 Å². The van der Waals surface area contributed by atoms with Gasteiger partial charge in [-0.3, -0.25) is 0 Å². The second kappa shape index (κ2) is 2.85. The van der Waals surface area contributed by atoms with E-state index in [9.17, 15) is 4.39 Å². The van der Waals surface area contributed by atoms with Crippen LogP contribution in [-0.4, -0.2) is 0 Å². The minimum absolute atomic E-state index is 0.182. The average molecular weight is 293 g/mol. The Balaban J connectivity index is 2.89. The Morgan fingerprint density at radius 2 is 2.17 bits per heavy atom. The maximum Gasteiger partial charge on any atom is 0.177 e. The van der Waals surface area contributed by atoms with Crippen molar-refractivity contribution in [3.63, 3.8) is 0 Å². The highest BCUT2D eigenvalue weighted by molar-refractivity contribution is 14.1. The van der Waals surface area contributed by atoms with Gasteiger partial charge in [0.05, 0.1) is 10.4 Å². The maximum absolute atomic E-state index is 12.8. The summed E-state index contributed by atoms with van der Waals surface area (Å²) in [6.45, 7) is 0. The summed E-state index contributed by atoms with van der Waals surface area (Å²) in [7, 11) is 0. The smallest absolute Gasteiger partial charge is 0.177 e. The fourth-order valence-electron chi connectivity index (χ4n) is 1.07. The van der Waals surface area contributed by atoms with Crippen molar-refractivity contribution in [2.24, 2.45) is 0 Å². The first kappa shape index (κ1) is 8.25. The molecule has 0 unspecified atom stereocenters. The van der Waals surface area contributed by atoms with E-state index < -0.39 is 0 Å². The van der Waals surface area contributed by atoms with Crippen LogP contribution in [0.25, 0.3) is 10.1 Å². The Labute approximate surface area is 86.5 Å². The maximum atomic E-state index is 12.8. The average Bonchev–Trinajstić information content (AvgIpc) is 2.39. The molecule has 0 aliphatic carbocycles. The molecule has 1 aromatic carbocycles. The van der Waals surface area contributed by atoms with Gasteiger partial charge in [-0.05, 0) is 40.1 Å². The summed E-state index contributed by atoms with van der Waals surface area (Å²) in [5.74, 6) is 0. The molecule has 1 aromatic heterocycles. The first-order chi connectivity index (χ1) is 5.68. The number of nitrogen functional groups attached to an aromatic ring is 1. The van der Waals surface area contributed by atoms with E-state index in [2.05, 4.69) is 22.6 Å². The summed E-state index contributed by atoms with van der Waals surface area (Å²) in [5.41, 5.74) is 6.45. The first-order valence-corrected chi connectivity index (χ1v) is 5.21. The highest BCUT2D eigenvalue weighted by Gasteiger charge is 2.06. The van der Waals surface area contributed by atoms with Gasteiger partial charge in [-0.2, -0.15) is 4.39 Å². The minimum Gasteiger partial charge on any atom is -0.397 e. The van der Waals surface area contributed by atoms with Crippen LogP contribution in [0.5, 0.6) is 0 Å². The zero-order valence-electron chi connectivity index (χ0n) is 5.97. The summed E-state index contributed by atoms with van der Waals surface area (Å²) in [6.07, 6.45) is 0. The number of fused-ring (bicyclic) bond motifs is 1. The molecule has 1 heterocycles. The summed E-state index contributed by atoms with van der Waals surface area (Å²) in [4.78, 5) is 0. The number of thiophene rings is 1. The molecule has 0 atom stereocenters. The highest BCUT2D eigenvalue weighted by Crippen LogP contribution is 2.32. The minimum atomic E-state index is -0.182. The number of rotatable bonds is 0. The monoisotopic (exact) mass is 293 g/mol. The first-order valence-electron chi connectivity index (χ1n) is 3.31. The van der Waals surface area contributed by atoms with E-state index in [0.29, 0.717) is 5.69 Å². The fraction of sp³-hybridized carbons (Fsp3) is 0. The normalized spacial score (nSPS) is 10.8. The predicted octanol–water partition coefficient (Wildman–Crippen LogP) is 3.23. The van der Waals surface area contributed by atoms with Crippen LogP contribution < -0.4 is 5.73 Å². The fourth-order valence-corrected chi connectivity index (χ4v) is 2.55. The van der Waals surface area contributed by atoms with Gasteiger partial charge in [0, 0.05) is 3.57 Å². The molecule has 62 valence electrons. The lowest BCUT2D eigenvalue weighted by atomic mass is 10.2. The van der Waals surface area contributed by atoms with E-state index in [4.69, 9.17) is 5.73 Å². The largest absolute Gasteiger partial charge is 0.397 e. The zero-order chi connectivity index (χ0) is 8.72. The highest BCUT2D eigenvalue weighted by atomic mass is 127. The third kappa shape index (κ3) is 1.19. The van der Waals surface area contributed by atoms with Crippen molar-refractivity contribution in [3.05, 3.63) is 26.9 Å². The van der Waals surface area contributed by atoms with Crippen molar-refractivity contribution >= 4 is 49.7 Å². The van der Waals surface area contributed by atoms with Crippen LogP contribution in [0.3, 0.4) is 0 Å². The number of nitrogens with two attached hydrogens (primary N) is 1. The molecular formula is C8H5FINS. The molecule has 0 aliphatic rings. The van der Waals surface area contributed by atoms with Crippen molar-refractivity contribution in [3.8, 4) is 0 Å². The summed E-state index contributed by atoms with van der Waals surface area (Å²) >= 11 is 3.24. The van der Waals surface area contributed by atoms with Crippen LogP contribution in [0, 0.1) is 8.70 Å². The van der Waals surface area contributed by atoms with Crippen molar-refractivity contribution < 1.29 is 4.39 Å². The molecule has 0 bridgehead atoms. The molecule has 0 aliphatic heterocycles. The number of hydrogen-bond acceptors (Lipinski definition) is 2. The summed E-state index contributed by atoms with van der Waals surface area (Å²) in [6, 6.07) is 5.28. The predicted molar refractivity (Wildman–Crippen MR) is 58.9 cm³/mol. The van der Waals surface area contributed by atoms with Crippen molar-refractivity contribution in [2.45, 2.75) is 0 Å². The SMILES string of the molecule is Nc1c(I)ccc2cc(F)sc12. The number of halogens is 2. The molecule has 12 heavy (non-hydrogen) atoms. The number of benzene rings is 1. The molecule has 1 nitrogen and oxygen atoms in total. The lowest BCUT2D eigenvalue weighted by Gasteiger charge is -1.97. The molecule has 0 spiro atoms. The molecule has 0 radical (unpaired) electrons. The third-order valence-corrected chi connectivity index (χ3v) is 3.56. The summed E-state index contributed by atoms with van der Waals surface area (Å²) in [5, 5.41) is 0.703. The van der Waals surface area contributed by atoms with Crippen LogP contribution in [0.2, 0.25) is 0 Å². The lowest BCUT2D eigenvalue weighted by molar-refractivity contribution is 0.658. The molecule has 2 rings (SSSR count). The zero-order valence-corrected chi connectivity index (χ0v) is 8.95. The van der Waals surface area contributed by atoms with E-state index in [1.54, 1.807) is 0 Å². The van der Waals surface area contributed by atoms with Gasteiger partial charge in [0.1, 0.15) is 0 Å². The molecule has 0 amide bonds. The van der Waals surface area contributed by atoms with Gasteiger partial charge < -0.3 is 5.73 Å². The van der Waals surface area contributed by atoms with Gasteiger partial charge in [0.2, 0.25) is 0 Å². The van der Waals surface area contributed by atoms with Gasteiger partial charge in [0.25, 0.3) is 0 Å². The summed E-state index contributed by atoms with van der Waals surface area (Å²) < 4.78 is 14.6. The van der Waals surface area contributed by atoms with E-state index in [0.717, 1.165) is 25.0 Å². The topological polar surface area (TPSA) is 26.0 Å². The third-order valence-electron chi connectivity index (χ3n) is 1.64. The van der Waals surface area contributed by atoms with Gasteiger partial charge in [-0.1, -0.05) is 6.07 Å². The molecular weight excluding hydrogens is 288 g/mol. The molecule has 0 saturated heterocycles. The van der Waals surface area contributed by atoms with E-state index >= 15 is 0 Å². The van der Waals surface area contributed by atoms with Crippen LogP contribution in [-0.2, 0) is 0 Å². The van der Waals surface area contributed by atoms with Crippen LogP contribution >= 0.6 is 33.9 Å². The molecule has 0 saturated carbocycles. The van der Waals surface area contributed by atoms with Gasteiger partial charge in [-0.15, -0.1) is 11.3 Å². The van der Waals surface area contributed by atoms with E-state index in [1.807, 2.05) is 12.1 Å². The molecule has 0 fully saturated rings. The Hall–Kier alpha value is -0.360. The molecule has 2 aromatic rings. The van der Waals surface area contributed by atoms with Crippen molar-refractivity contribution in [1.29, 1.82) is 0 Å². The lowest BCUT2D eigenvalue weighted by Crippen LogP contribution is -1.87. The van der Waals surface area contributed by atoms with Crippen molar-refractivity contribution in [1.82, 2.24) is 0 Å². The van der Waals surface area contributed by atoms with Crippen LogP contribution in [0.4, 0.5) is 10.1 Å². The van der Waals surface area contributed by atoms with Crippen molar-refractivity contribution in [2.75, 3.05) is 5.73 Å². The Morgan fingerprint density at radius 3 is 2.92 bits per heavy atom. The van der Waals surface area contributed by atoms with Crippen LogP contribution in [0.1, 0.15) is 0 Å². The second-order valence-electron chi connectivity index (χ2n) is 2.43. The number of anilines is 1. The van der Waals surface area contributed by atoms with Gasteiger partial charge in [-0.25, -0.2) is 0 Å². The van der Waals surface area contributed by atoms with E-state index in [1.165, 1.54) is 6.07 Å². The molecule has 2 N–H and O–H groups in total. The standard InChI is InChI=1S/C8H5FINS/c9-6-3-4-1-2-5(10)7(11)8(4)12-6/h1-3H,11H2. The van der Waals surface area contributed by atoms with Crippen LogP contribution in [0.15, 0.2) is 18.2 Å². The quantitative estimate of drug-likeness (QED) is 0.586. The van der Waals surface area contributed by atoms with Gasteiger partial charge >= 0.3 is 0 Å². The Morgan fingerprint density at radius 1 is 1.42 bits per heavy atom. The number of hydrogen-bond donors (Lipinski definition) is 1. The Bertz CT molecular complexity index is 438. The second-order valence-corrected chi connectivity index (χ2v) is 4.59. The Kier molecular flexibility index (Phi) is 1.96. The molecule has 4 heteroatoms. The van der Waals surface area contributed by atoms with Gasteiger partial charge in [0.15, 0.2) is 5.13 Å².